The Bertz CT molecular complexity index is 283. The molecule has 0 heterocycles. The number of ether oxygens (including phenoxy) is 1. The van der Waals surface area contributed by atoms with Gasteiger partial charge in [-0.3, -0.25) is 4.79 Å². The molecule has 0 bridgehead atoms. The molecule has 0 aliphatic carbocycles. The quantitative estimate of drug-likeness (QED) is 0.489. The molecule has 0 aliphatic heterocycles. The molecule has 0 rings (SSSR count). The van der Waals surface area contributed by atoms with Crippen LogP contribution < -0.4 is 0 Å². The molecule has 0 saturated carbocycles. The molecule has 98 valence electrons. The van der Waals surface area contributed by atoms with E-state index in [9.17, 15) is 4.79 Å². The average Bonchev–Trinajstić information content (AvgIpc) is 2.27. The molecule has 17 heavy (non-hydrogen) atoms. The van der Waals surface area contributed by atoms with Crippen LogP contribution in [0.5, 0.6) is 0 Å². The molecule has 2 nitrogen and oxygen atoms in total. The third-order valence-corrected chi connectivity index (χ3v) is 2.76. The first-order valence-corrected chi connectivity index (χ1v) is 6.43. The highest BCUT2D eigenvalue weighted by Crippen LogP contribution is 2.07. The van der Waals surface area contributed by atoms with E-state index in [1.807, 2.05) is 19.9 Å². The number of rotatable bonds is 7. The zero-order valence-electron chi connectivity index (χ0n) is 11.9. The van der Waals surface area contributed by atoms with Crippen molar-refractivity contribution in [1.82, 2.24) is 0 Å². The first-order chi connectivity index (χ1) is 7.97. The Morgan fingerprint density at radius 3 is 2.41 bits per heavy atom. The van der Waals surface area contributed by atoms with Crippen LogP contribution in [-0.2, 0) is 9.53 Å². The van der Waals surface area contributed by atoms with Crippen LogP contribution in [0.2, 0.25) is 0 Å². The molecule has 1 atom stereocenters. The van der Waals surface area contributed by atoms with Gasteiger partial charge in [0.15, 0.2) is 0 Å². The maximum absolute atomic E-state index is 11.4. The summed E-state index contributed by atoms with van der Waals surface area (Å²) in [7, 11) is 0. The molecule has 0 unspecified atom stereocenters. The summed E-state index contributed by atoms with van der Waals surface area (Å²) in [5.41, 5.74) is 2.63. The van der Waals surface area contributed by atoms with Crippen molar-refractivity contribution in [3.05, 3.63) is 23.3 Å². The van der Waals surface area contributed by atoms with Crippen LogP contribution in [0.4, 0.5) is 0 Å². The third kappa shape index (κ3) is 8.73. The lowest BCUT2D eigenvalue weighted by atomic mass is 10.1. The van der Waals surface area contributed by atoms with Crippen LogP contribution in [0.25, 0.3) is 0 Å². The van der Waals surface area contributed by atoms with E-state index in [0.717, 1.165) is 19.3 Å². The molecule has 0 fully saturated rings. The predicted octanol–water partition coefficient (Wildman–Crippen LogP) is 4.27. The van der Waals surface area contributed by atoms with Gasteiger partial charge >= 0.3 is 5.97 Å². The summed E-state index contributed by atoms with van der Waals surface area (Å²) in [5, 5.41) is 0. The minimum atomic E-state index is -0.0964. The lowest BCUT2D eigenvalue weighted by molar-refractivity contribution is -0.146. The molecule has 2 heteroatoms. The van der Waals surface area contributed by atoms with Crippen LogP contribution in [0.3, 0.4) is 0 Å². The Kier molecular flexibility index (Phi) is 8.47. The maximum Gasteiger partial charge on any atom is 0.308 e. The van der Waals surface area contributed by atoms with E-state index >= 15 is 0 Å². The lowest BCUT2D eigenvalue weighted by Gasteiger charge is -2.07. The van der Waals surface area contributed by atoms with Gasteiger partial charge in [0, 0.05) is 0 Å². The summed E-state index contributed by atoms with van der Waals surface area (Å²) < 4.78 is 5.16. The monoisotopic (exact) mass is 238 g/mol. The molecule has 0 N–H and O–H groups in total. The van der Waals surface area contributed by atoms with Gasteiger partial charge in [0.05, 0.1) is 5.92 Å². The van der Waals surface area contributed by atoms with Crippen molar-refractivity contribution in [2.24, 2.45) is 5.92 Å². The van der Waals surface area contributed by atoms with Gasteiger partial charge in [0.2, 0.25) is 0 Å². The van der Waals surface area contributed by atoms with Crippen LogP contribution in [0.15, 0.2) is 23.3 Å². The van der Waals surface area contributed by atoms with Crippen molar-refractivity contribution < 1.29 is 9.53 Å². The second kappa shape index (κ2) is 9.03. The average molecular weight is 238 g/mol. The van der Waals surface area contributed by atoms with E-state index in [4.69, 9.17) is 4.74 Å². The third-order valence-electron chi connectivity index (χ3n) is 2.76. The Morgan fingerprint density at radius 2 is 1.88 bits per heavy atom. The fraction of sp³-hybridized carbons (Fsp3) is 0.667. The van der Waals surface area contributed by atoms with Gasteiger partial charge < -0.3 is 4.74 Å². The molecule has 0 aromatic carbocycles. The molecule has 0 aliphatic rings. The van der Waals surface area contributed by atoms with E-state index < -0.39 is 0 Å². The zero-order valence-corrected chi connectivity index (χ0v) is 11.9. The van der Waals surface area contributed by atoms with Gasteiger partial charge in [-0.15, -0.1) is 0 Å². The maximum atomic E-state index is 11.4. The van der Waals surface area contributed by atoms with Crippen molar-refractivity contribution in [2.45, 2.75) is 53.9 Å². The summed E-state index contributed by atoms with van der Waals surface area (Å²) >= 11 is 0. The van der Waals surface area contributed by atoms with Crippen LogP contribution in [0.1, 0.15) is 53.9 Å². The summed E-state index contributed by atoms with van der Waals surface area (Å²) in [6, 6.07) is 0. The fourth-order valence-corrected chi connectivity index (χ4v) is 1.27. The number of carbonyl (C=O) groups is 1. The molecular formula is C15H26O2. The van der Waals surface area contributed by atoms with Gasteiger partial charge in [-0.2, -0.15) is 0 Å². The number of hydrogen-bond donors (Lipinski definition) is 0. The molecule has 0 saturated heterocycles. The second-order valence-corrected chi connectivity index (χ2v) is 4.81. The molecule has 0 amide bonds. The van der Waals surface area contributed by atoms with E-state index in [1.165, 1.54) is 11.1 Å². The van der Waals surface area contributed by atoms with Gasteiger partial charge in [-0.25, -0.2) is 0 Å². The highest BCUT2D eigenvalue weighted by atomic mass is 16.5. The van der Waals surface area contributed by atoms with Gasteiger partial charge in [0.1, 0.15) is 6.61 Å². The topological polar surface area (TPSA) is 26.3 Å². The minimum absolute atomic E-state index is 0.00869. The minimum Gasteiger partial charge on any atom is -0.461 e. The second-order valence-electron chi connectivity index (χ2n) is 4.81. The first-order valence-electron chi connectivity index (χ1n) is 6.43. The Morgan fingerprint density at radius 1 is 1.24 bits per heavy atom. The summed E-state index contributed by atoms with van der Waals surface area (Å²) in [6.07, 6.45) is 7.15. The van der Waals surface area contributed by atoms with Crippen LogP contribution in [0, 0.1) is 5.92 Å². The molecule has 0 radical (unpaired) electrons. The summed E-state index contributed by atoms with van der Waals surface area (Å²) in [6.45, 7) is 10.6. The van der Waals surface area contributed by atoms with Crippen molar-refractivity contribution in [3.8, 4) is 0 Å². The van der Waals surface area contributed by atoms with E-state index in [1.54, 1.807) is 0 Å². The molecule has 0 aromatic heterocycles. The normalized spacial score (nSPS) is 13.1. The first kappa shape index (κ1) is 16.0. The van der Waals surface area contributed by atoms with Gasteiger partial charge in [-0.05, 0) is 46.1 Å². The lowest BCUT2D eigenvalue weighted by Crippen LogP contribution is -2.13. The van der Waals surface area contributed by atoms with Crippen molar-refractivity contribution in [3.63, 3.8) is 0 Å². The summed E-state index contributed by atoms with van der Waals surface area (Å²) in [4.78, 5) is 11.4. The fourth-order valence-electron chi connectivity index (χ4n) is 1.27. The summed E-state index contributed by atoms with van der Waals surface area (Å²) in [5.74, 6) is -0.0878. The van der Waals surface area contributed by atoms with Gasteiger partial charge in [-0.1, -0.05) is 31.1 Å². The smallest absolute Gasteiger partial charge is 0.308 e. The Hall–Kier alpha value is -1.05. The van der Waals surface area contributed by atoms with Gasteiger partial charge in [0.25, 0.3) is 0 Å². The number of allylic oxidation sites excluding steroid dienone is 3. The standard InChI is InChI=1S/C15H26O2/c1-6-14(5)15(16)17-11-10-13(4)9-7-8-12(2)3/h8,10,14H,6-7,9,11H2,1-5H3/b13-10+/t14-/m0/s1. The van der Waals surface area contributed by atoms with Crippen LogP contribution in [-0.4, -0.2) is 12.6 Å². The van der Waals surface area contributed by atoms with Crippen molar-refractivity contribution in [1.29, 1.82) is 0 Å². The largest absolute Gasteiger partial charge is 0.461 e. The number of esters is 1. The molecular weight excluding hydrogens is 212 g/mol. The SMILES string of the molecule is CC[C@H](C)C(=O)OC/C=C(\C)CCC=C(C)C. The molecule has 0 spiro atoms. The highest BCUT2D eigenvalue weighted by Gasteiger charge is 2.10. The van der Waals surface area contributed by atoms with E-state index in [-0.39, 0.29) is 11.9 Å². The van der Waals surface area contributed by atoms with E-state index in [0.29, 0.717) is 6.61 Å². The van der Waals surface area contributed by atoms with Crippen LogP contribution >= 0.6 is 0 Å². The van der Waals surface area contributed by atoms with E-state index in [2.05, 4.69) is 26.8 Å². The highest BCUT2D eigenvalue weighted by molar-refractivity contribution is 5.71. The number of hydrogen-bond acceptors (Lipinski definition) is 2. The van der Waals surface area contributed by atoms with Crippen molar-refractivity contribution in [2.75, 3.05) is 6.61 Å². The Labute approximate surface area is 106 Å². The number of carbonyl (C=O) groups excluding carboxylic acids is 1. The Balaban J connectivity index is 3.84. The van der Waals surface area contributed by atoms with Crippen molar-refractivity contribution >= 4 is 5.97 Å². The predicted molar refractivity (Wildman–Crippen MR) is 72.8 cm³/mol. The molecule has 0 aromatic rings. The zero-order chi connectivity index (χ0) is 13.3.